The highest BCUT2D eigenvalue weighted by molar-refractivity contribution is 6.30. The molecule has 3 heteroatoms. The van der Waals surface area contributed by atoms with Crippen LogP contribution in [0.4, 0.5) is 0 Å². The fourth-order valence-corrected chi connectivity index (χ4v) is 4.76. The first kappa shape index (κ1) is 35.6. The van der Waals surface area contributed by atoms with Gasteiger partial charge in [-0.3, -0.25) is 4.98 Å². The molecule has 0 saturated heterocycles. The predicted octanol–water partition coefficient (Wildman–Crippen LogP) is 11.2. The largest absolute Gasteiger partial charge is 0.388 e. The molecular formula is C35H52ClNO. The fourth-order valence-electron chi connectivity index (χ4n) is 4.58. The summed E-state index contributed by atoms with van der Waals surface area (Å²) in [4.78, 5) is 4.27. The second-order valence-electron chi connectivity index (χ2n) is 8.74. The fraction of sp³-hybridized carbons (Fsp3) is 0.457. The Morgan fingerprint density at radius 3 is 2.08 bits per heavy atom. The van der Waals surface area contributed by atoms with E-state index in [0.717, 1.165) is 22.6 Å². The normalized spacial score (nSPS) is 13.8. The lowest BCUT2D eigenvalue weighted by atomic mass is 9.73. The minimum Gasteiger partial charge on any atom is -0.388 e. The first-order valence-electron chi connectivity index (χ1n) is 14.5. The number of aliphatic hydroxyl groups is 1. The zero-order chi connectivity index (χ0) is 29.3. The molecule has 0 aliphatic rings. The van der Waals surface area contributed by atoms with E-state index in [4.69, 9.17) is 11.6 Å². The van der Waals surface area contributed by atoms with E-state index in [-0.39, 0.29) is 11.8 Å². The molecule has 1 N–H and O–H groups in total. The van der Waals surface area contributed by atoms with Crippen molar-refractivity contribution < 1.29 is 5.11 Å². The molecule has 0 aliphatic carbocycles. The average molecular weight is 538 g/mol. The third kappa shape index (κ3) is 9.71. The number of pyridine rings is 1. The SMILES string of the molecule is C/C=C(/c1ccc(Cl)cc1C(C)CC)C(C(C)c1cccc(C)c1)C(O)c1cccnc1.CC.CC.CC. The molecule has 4 unspecified atom stereocenters. The van der Waals surface area contributed by atoms with Crippen molar-refractivity contribution in [3.63, 3.8) is 0 Å². The Labute approximate surface area is 239 Å². The van der Waals surface area contributed by atoms with Crippen molar-refractivity contribution in [2.24, 2.45) is 5.92 Å². The van der Waals surface area contributed by atoms with Gasteiger partial charge in [-0.25, -0.2) is 0 Å². The highest BCUT2D eigenvalue weighted by Crippen LogP contribution is 2.45. The third-order valence-corrected chi connectivity index (χ3v) is 6.85. The van der Waals surface area contributed by atoms with E-state index in [9.17, 15) is 5.11 Å². The van der Waals surface area contributed by atoms with Crippen molar-refractivity contribution in [1.82, 2.24) is 4.98 Å². The Morgan fingerprint density at radius 1 is 0.921 bits per heavy atom. The van der Waals surface area contributed by atoms with E-state index in [2.05, 4.69) is 82.1 Å². The van der Waals surface area contributed by atoms with E-state index in [1.165, 1.54) is 22.3 Å². The van der Waals surface area contributed by atoms with Crippen LogP contribution in [0.2, 0.25) is 5.02 Å². The molecule has 4 atom stereocenters. The van der Waals surface area contributed by atoms with Crippen molar-refractivity contribution >= 4 is 17.2 Å². The summed E-state index contributed by atoms with van der Waals surface area (Å²) in [5, 5.41) is 12.4. The number of rotatable bonds is 8. The first-order valence-corrected chi connectivity index (χ1v) is 14.9. The van der Waals surface area contributed by atoms with Gasteiger partial charge in [0.2, 0.25) is 0 Å². The second kappa shape index (κ2) is 19.6. The summed E-state index contributed by atoms with van der Waals surface area (Å²) < 4.78 is 0. The summed E-state index contributed by atoms with van der Waals surface area (Å²) in [5.74, 6) is 0.316. The number of halogens is 1. The molecule has 3 aromatic rings. The zero-order valence-electron chi connectivity index (χ0n) is 25.7. The minimum atomic E-state index is -0.689. The standard InChI is InChI=1S/C29H34ClNO.3C2H6/c1-6-20(4)27-17-24(30)13-14-26(27)25(7-2)28(29(32)23-12-9-15-31-18-23)21(5)22-11-8-10-19(3)16-22;3*1-2/h7-18,20-21,28-29,32H,6H2,1-5H3;3*1-2H3/b25-7-;;;. The molecule has 38 heavy (non-hydrogen) atoms. The lowest BCUT2D eigenvalue weighted by Crippen LogP contribution is -2.22. The number of aryl methyl sites for hydroxylation is 1. The number of aliphatic hydroxyl groups excluding tert-OH is 1. The molecule has 0 bridgehead atoms. The van der Waals surface area contributed by atoms with Gasteiger partial charge in [-0.05, 0) is 78.1 Å². The van der Waals surface area contributed by atoms with Crippen LogP contribution in [0.25, 0.3) is 5.57 Å². The molecule has 0 aliphatic heterocycles. The van der Waals surface area contributed by atoms with Crippen LogP contribution < -0.4 is 0 Å². The summed E-state index contributed by atoms with van der Waals surface area (Å²) in [6.45, 7) is 22.8. The van der Waals surface area contributed by atoms with Crippen LogP contribution in [-0.2, 0) is 0 Å². The highest BCUT2D eigenvalue weighted by Gasteiger charge is 2.33. The van der Waals surface area contributed by atoms with Crippen LogP contribution in [-0.4, -0.2) is 10.1 Å². The maximum absolute atomic E-state index is 11.7. The Kier molecular flexibility index (Phi) is 18.4. The van der Waals surface area contributed by atoms with Gasteiger partial charge in [-0.15, -0.1) is 0 Å². The van der Waals surface area contributed by atoms with Gasteiger partial charge in [-0.2, -0.15) is 0 Å². The highest BCUT2D eigenvalue weighted by atomic mass is 35.5. The maximum Gasteiger partial charge on any atom is 0.0879 e. The van der Waals surface area contributed by atoms with Crippen molar-refractivity contribution in [2.45, 2.75) is 101 Å². The second-order valence-corrected chi connectivity index (χ2v) is 9.18. The van der Waals surface area contributed by atoms with Crippen LogP contribution in [0.1, 0.15) is 121 Å². The Hall–Kier alpha value is -2.42. The van der Waals surface area contributed by atoms with Gasteiger partial charge in [0, 0.05) is 23.3 Å². The molecule has 3 rings (SSSR count). The van der Waals surface area contributed by atoms with Crippen LogP contribution in [0.15, 0.2) is 73.1 Å². The van der Waals surface area contributed by atoms with Gasteiger partial charge in [-0.1, -0.05) is 122 Å². The van der Waals surface area contributed by atoms with Gasteiger partial charge in [0.05, 0.1) is 6.10 Å². The topological polar surface area (TPSA) is 33.1 Å². The lowest BCUT2D eigenvalue weighted by Gasteiger charge is -2.33. The molecule has 2 aromatic carbocycles. The summed E-state index contributed by atoms with van der Waals surface area (Å²) >= 11 is 6.40. The number of hydrogen-bond acceptors (Lipinski definition) is 2. The molecule has 0 saturated carbocycles. The maximum atomic E-state index is 11.7. The minimum absolute atomic E-state index is 0.0942. The lowest BCUT2D eigenvalue weighted by molar-refractivity contribution is 0.124. The van der Waals surface area contributed by atoms with Gasteiger partial charge < -0.3 is 5.11 Å². The molecule has 0 fully saturated rings. The first-order chi connectivity index (χ1) is 18.4. The Bertz CT molecular complexity index is 1060. The average Bonchev–Trinajstić information content (AvgIpc) is 2.98. The van der Waals surface area contributed by atoms with Crippen molar-refractivity contribution in [1.29, 1.82) is 0 Å². The van der Waals surface area contributed by atoms with E-state index >= 15 is 0 Å². The summed E-state index contributed by atoms with van der Waals surface area (Å²) in [5.41, 5.74) is 6.80. The van der Waals surface area contributed by atoms with E-state index in [1.54, 1.807) is 12.4 Å². The van der Waals surface area contributed by atoms with Crippen LogP contribution in [0, 0.1) is 12.8 Å². The summed E-state index contributed by atoms with van der Waals surface area (Å²) in [6.07, 6.45) is 6.00. The third-order valence-electron chi connectivity index (χ3n) is 6.61. The number of allylic oxidation sites excluding steroid dienone is 1. The molecule has 0 spiro atoms. The number of aromatic nitrogens is 1. The summed E-state index contributed by atoms with van der Waals surface area (Å²) in [6, 6.07) is 18.6. The number of hydrogen-bond donors (Lipinski definition) is 1. The summed E-state index contributed by atoms with van der Waals surface area (Å²) in [7, 11) is 0. The molecule has 1 aromatic heterocycles. The Balaban J connectivity index is 0.00000213. The van der Waals surface area contributed by atoms with Crippen LogP contribution in [0.5, 0.6) is 0 Å². The quantitative estimate of drug-likeness (QED) is 0.310. The van der Waals surface area contributed by atoms with Crippen molar-refractivity contribution in [3.05, 3.63) is 106 Å². The van der Waals surface area contributed by atoms with E-state index in [0.29, 0.717) is 5.92 Å². The van der Waals surface area contributed by atoms with Crippen LogP contribution in [0.3, 0.4) is 0 Å². The molecule has 2 nitrogen and oxygen atoms in total. The van der Waals surface area contributed by atoms with Gasteiger partial charge >= 0.3 is 0 Å². The monoisotopic (exact) mass is 537 g/mol. The van der Waals surface area contributed by atoms with Crippen LogP contribution >= 0.6 is 11.6 Å². The molecular weight excluding hydrogens is 486 g/mol. The molecule has 0 amide bonds. The molecule has 210 valence electrons. The van der Waals surface area contributed by atoms with Gasteiger partial charge in [0.15, 0.2) is 0 Å². The van der Waals surface area contributed by atoms with Gasteiger partial charge in [0.1, 0.15) is 0 Å². The number of benzene rings is 2. The number of nitrogens with zero attached hydrogens (tertiary/aromatic N) is 1. The van der Waals surface area contributed by atoms with E-state index in [1.807, 2.05) is 59.7 Å². The van der Waals surface area contributed by atoms with Crippen molar-refractivity contribution in [2.75, 3.05) is 0 Å². The van der Waals surface area contributed by atoms with E-state index < -0.39 is 6.10 Å². The molecule has 1 heterocycles. The van der Waals surface area contributed by atoms with Crippen molar-refractivity contribution in [3.8, 4) is 0 Å². The molecule has 0 radical (unpaired) electrons. The Morgan fingerprint density at radius 2 is 1.55 bits per heavy atom. The zero-order valence-corrected chi connectivity index (χ0v) is 26.5. The smallest absolute Gasteiger partial charge is 0.0879 e. The predicted molar refractivity (Wildman–Crippen MR) is 170 cm³/mol. The van der Waals surface area contributed by atoms with Gasteiger partial charge in [0.25, 0.3) is 0 Å².